The molecule has 0 bridgehead atoms. The van der Waals surface area contributed by atoms with E-state index in [9.17, 15) is 4.79 Å². The SMILES string of the molecule is Cc1cc(C(=O)C(C)(C)C)cc2c1OCCCC2. The first kappa shape index (κ1) is 13.1. The van der Waals surface area contributed by atoms with E-state index >= 15 is 0 Å². The van der Waals surface area contributed by atoms with Crippen LogP contribution in [0.5, 0.6) is 5.75 Å². The Hall–Kier alpha value is -1.31. The number of hydrogen-bond acceptors (Lipinski definition) is 2. The highest BCUT2D eigenvalue weighted by molar-refractivity contribution is 6.00. The number of ketones is 1. The molecule has 0 fully saturated rings. The van der Waals surface area contributed by atoms with Crippen LogP contribution in [-0.2, 0) is 6.42 Å². The topological polar surface area (TPSA) is 26.3 Å². The summed E-state index contributed by atoms with van der Waals surface area (Å²) in [5, 5.41) is 0. The Bertz CT molecular complexity index is 467. The van der Waals surface area contributed by atoms with Crippen LogP contribution < -0.4 is 4.74 Å². The van der Waals surface area contributed by atoms with Gasteiger partial charge < -0.3 is 4.74 Å². The maximum atomic E-state index is 12.3. The van der Waals surface area contributed by atoms with E-state index in [1.807, 2.05) is 39.8 Å². The smallest absolute Gasteiger partial charge is 0.168 e. The minimum Gasteiger partial charge on any atom is -0.493 e. The van der Waals surface area contributed by atoms with Gasteiger partial charge >= 0.3 is 0 Å². The van der Waals surface area contributed by atoms with Gasteiger partial charge in [-0.25, -0.2) is 0 Å². The van der Waals surface area contributed by atoms with Crippen molar-refractivity contribution in [2.75, 3.05) is 6.61 Å². The van der Waals surface area contributed by atoms with E-state index in [4.69, 9.17) is 4.74 Å². The lowest BCUT2D eigenvalue weighted by molar-refractivity contribution is 0.0858. The second kappa shape index (κ2) is 4.75. The van der Waals surface area contributed by atoms with Crippen molar-refractivity contribution in [1.29, 1.82) is 0 Å². The van der Waals surface area contributed by atoms with Crippen LogP contribution in [0.1, 0.15) is 55.1 Å². The molecule has 0 unspecified atom stereocenters. The summed E-state index contributed by atoms with van der Waals surface area (Å²) in [6, 6.07) is 4.00. The van der Waals surface area contributed by atoms with E-state index in [0.29, 0.717) is 0 Å². The summed E-state index contributed by atoms with van der Waals surface area (Å²) in [6.45, 7) is 8.72. The molecule has 0 aromatic heterocycles. The van der Waals surface area contributed by atoms with Crippen molar-refractivity contribution in [3.63, 3.8) is 0 Å². The van der Waals surface area contributed by atoms with E-state index in [1.54, 1.807) is 0 Å². The van der Waals surface area contributed by atoms with Crippen LogP contribution >= 0.6 is 0 Å². The van der Waals surface area contributed by atoms with Gasteiger partial charge in [0.05, 0.1) is 6.61 Å². The number of rotatable bonds is 1. The number of ether oxygens (including phenoxy) is 1. The van der Waals surface area contributed by atoms with Crippen molar-refractivity contribution < 1.29 is 9.53 Å². The molecule has 1 aliphatic heterocycles. The van der Waals surface area contributed by atoms with Crippen molar-refractivity contribution in [3.8, 4) is 5.75 Å². The fraction of sp³-hybridized carbons (Fsp3) is 0.562. The number of Topliss-reactive ketones (excluding diaryl/α,β-unsaturated/α-hetero) is 1. The second-order valence-corrected chi connectivity index (χ2v) is 6.17. The van der Waals surface area contributed by atoms with E-state index in [1.165, 1.54) is 5.56 Å². The summed E-state index contributed by atoms with van der Waals surface area (Å²) < 4.78 is 5.79. The van der Waals surface area contributed by atoms with Crippen molar-refractivity contribution in [1.82, 2.24) is 0 Å². The number of fused-ring (bicyclic) bond motifs is 1. The molecule has 0 spiro atoms. The van der Waals surface area contributed by atoms with Crippen LogP contribution in [0, 0.1) is 12.3 Å². The second-order valence-electron chi connectivity index (χ2n) is 6.17. The normalized spacial score (nSPS) is 15.6. The van der Waals surface area contributed by atoms with Crippen LogP contribution in [0.3, 0.4) is 0 Å². The first-order chi connectivity index (χ1) is 8.39. The number of aryl methyl sites for hydroxylation is 2. The maximum Gasteiger partial charge on any atom is 0.168 e. The Morgan fingerprint density at radius 1 is 1.22 bits per heavy atom. The highest BCUT2D eigenvalue weighted by atomic mass is 16.5. The van der Waals surface area contributed by atoms with Gasteiger partial charge in [-0.15, -0.1) is 0 Å². The Labute approximate surface area is 109 Å². The maximum absolute atomic E-state index is 12.3. The van der Waals surface area contributed by atoms with E-state index in [-0.39, 0.29) is 11.2 Å². The molecule has 0 aliphatic carbocycles. The molecule has 0 amide bonds. The quantitative estimate of drug-likeness (QED) is 0.702. The molecule has 2 heteroatoms. The summed E-state index contributed by atoms with van der Waals surface area (Å²) in [5.41, 5.74) is 2.78. The van der Waals surface area contributed by atoms with Crippen molar-refractivity contribution >= 4 is 5.78 Å². The average molecular weight is 246 g/mol. The van der Waals surface area contributed by atoms with Gasteiger partial charge in [0.2, 0.25) is 0 Å². The van der Waals surface area contributed by atoms with Crippen molar-refractivity contribution in [2.45, 2.75) is 47.0 Å². The Morgan fingerprint density at radius 2 is 1.94 bits per heavy atom. The van der Waals surface area contributed by atoms with Crippen LogP contribution in [0.25, 0.3) is 0 Å². The summed E-state index contributed by atoms with van der Waals surface area (Å²) in [4.78, 5) is 12.3. The summed E-state index contributed by atoms with van der Waals surface area (Å²) >= 11 is 0. The van der Waals surface area contributed by atoms with Gasteiger partial charge in [0.25, 0.3) is 0 Å². The number of hydrogen-bond donors (Lipinski definition) is 0. The third kappa shape index (κ3) is 2.58. The van der Waals surface area contributed by atoms with Crippen molar-refractivity contribution in [3.05, 3.63) is 28.8 Å². The number of benzene rings is 1. The molecule has 0 atom stereocenters. The zero-order valence-corrected chi connectivity index (χ0v) is 11.8. The molecule has 1 aromatic rings. The Kier molecular flexibility index (Phi) is 3.47. The standard InChI is InChI=1S/C16H22O2/c1-11-9-13(15(17)16(2,3)4)10-12-7-5-6-8-18-14(11)12/h9-10H,5-8H2,1-4H3. The van der Waals surface area contributed by atoms with Crippen LogP contribution in [0.15, 0.2) is 12.1 Å². The van der Waals surface area contributed by atoms with Gasteiger partial charge in [0, 0.05) is 11.0 Å². The van der Waals surface area contributed by atoms with Crippen LogP contribution in [-0.4, -0.2) is 12.4 Å². The molecule has 1 aliphatic rings. The largest absolute Gasteiger partial charge is 0.493 e. The van der Waals surface area contributed by atoms with Gasteiger partial charge in [-0.3, -0.25) is 4.79 Å². The minimum atomic E-state index is -0.327. The summed E-state index contributed by atoms with van der Waals surface area (Å²) in [6.07, 6.45) is 3.25. The zero-order chi connectivity index (χ0) is 13.3. The fourth-order valence-corrected chi connectivity index (χ4v) is 2.40. The van der Waals surface area contributed by atoms with Gasteiger partial charge in [-0.05, 0) is 49.4 Å². The lowest BCUT2D eigenvalue weighted by Gasteiger charge is -2.19. The van der Waals surface area contributed by atoms with Gasteiger partial charge in [0.1, 0.15) is 5.75 Å². The fourth-order valence-electron chi connectivity index (χ4n) is 2.40. The molecule has 0 saturated heterocycles. The molecule has 1 aromatic carbocycles. The molecule has 1 heterocycles. The Balaban J connectivity index is 2.44. The predicted molar refractivity (Wildman–Crippen MR) is 73.4 cm³/mol. The molecule has 0 radical (unpaired) electrons. The first-order valence-electron chi connectivity index (χ1n) is 6.71. The third-order valence-corrected chi connectivity index (χ3v) is 3.38. The van der Waals surface area contributed by atoms with Gasteiger partial charge in [-0.1, -0.05) is 20.8 Å². The predicted octanol–water partition coefficient (Wildman–Crippen LogP) is 3.94. The lowest BCUT2D eigenvalue weighted by Crippen LogP contribution is -2.20. The van der Waals surface area contributed by atoms with Crippen LogP contribution in [0.4, 0.5) is 0 Å². The Morgan fingerprint density at radius 3 is 2.61 bits per heavy atom. The van der Waals surface area contributed by atoms with Gasteiger partial charge in [0.15, 0.2) is 5.78 Å². The molecule has 98 valence electrons. The van der Waals surface area contributed by atoms with Gasteiger partial charge in [-0.2, -0.15) is 0 Å². The van der Waals surface area contributed by atoms with E-state index < -0.39 is 0 Å². The monoisotopic (exact) mass is 246 g/mol. The zero-order valence-electron chi connectivity index (χ0n) is 11.8. The van der Waals surface area contributed by atoms with Crippen LogP contribution in [0.2, 0.25) is 0 Å². The average Bonchev–Trinajstić information content (AvgIpc) is 2.52. The molecule has 18 heavy (non-hydrogen) atoms. The molecule has 2 nitrogen and oxygen atoms in total. The van der Waals surface area contributed by atoms with E-state index in [2.05, 4.69) is 0 Å². The number of carbonyl (C=O) groups is 1. The van der Waals surface area contributed by atoms with E-state index in [0.717, 1.165) is 42.7 Å². The first-order valence-corrected chi connectivity index (χ1v) is 6.71. The summed E-state index contributed by atoms with van der Waals surface area (Å²) in [5.74, 6) is 1.20. The molecular formula is C16H22O2. The highest BCUT2D eigenvalue weighted by Crippen LogP contribution is 2.31. The third-order valence-electron chi connectivity index (χ3n) is 3.38. The highest BCUT2D eigenvalue weighted by Gasteiger charge is 2.24. The molecule has 0 N–H and O–H groups in total. The minimum absolute atomic E-state index is 0.206. The number of carbonyl (C=O) groups excluding carboxylic acids is 1. The molecular weight excluding hydrogens is 224 g/mol. The summed E-state index contributed by atoms with van der Waals surface area (Å²) in [7, 11) is 0. The lowest BCUT2D eigenvalue weighted by atomic mass is 9.85. The molecule has 0 saturated carbocycles. The van der Waals surface area contributed by atoms with Crippen molar-refractivity contribution in [2.24, 2.45) is 5.41 Å². The molecule has 2 rings (SSSR count).